The van der Waals surface area contributed by atoms with Crippen molar-refractivity contribution >= 4 is 0 Å². The Labute approximate surface area is 144 Å². The Morgan fingerprint density at radius 3 is 3.00 bits per heavy atom. The van der Waals surface area contributed by atoms with Gasteiger partial charge in [0.2, 0.25) is 0 Å². The first-order valence-electron chi connectivity index (χ1n) is 8.71. The molecular weight excluding hydrogens is 300 g/mol. The van der Waals surface area contributed by atoms with Crippen molar-refractivity contribution in [3.63, 3.8) is 0 Å². The summed E-state index contributed by atoms with van der Waals surface area (Å²) in [7, 11) is 3.80. The number of hydrogen-bond donors (Lipinski definition) is 1. The standard InChI is InChI=1S/C19H28N4O/c1-15-20-11-18(22(15)2)12-21-17-7-5-9-23(14-17)13-16-6-4-8-19(10-16)24-3/h4,6,8,10-11,17,21H,5,7,9,12-14H2,1-3H3. The van der Waals surface area contributed by atoms with Crippen molar-refractivity contribution in [1.29, 1.82) is 0 Å². The van der Waals surface area contributed by atoms with E-state index in [1.54, 1.807) is 7.11 Å². The molecule has 130 valence electrons. The number of methoxy groups -OCH3 is 1. The van der Waals surface area contributed by atoms with Crippen LogP contribution in [0.4, 0.5) is 0 Å². The minimum Gasteiger partial charge on any atom is -0.497 e. The SMILES string of the molecule is COc1cccc(CN2CCCC(NCc3cnc(C)n3C)C2)c1. The number of imidazole rings is 1. The van der Waals surface area contributed by atoms with Crippen molar-refractivity contribution < 1.29 is 4.74 Å². The zero-order valence-corrected chi connectivity index (χ0v) is 15.0. The number of aryl methyl sites for hydroxylation is 1. The van der Waals surface area contributed by atoms with Crippen molar-refractivity contribution in [2.75, 3.05) is 20.2 Å². The Morgan fingerprint density at radius 2 is 2.25 bits per heavy atom. The molecule has 1 N–H and O–H groups in total. The van der Waals surface area contributed by atoms with Crippen molar-refractivity contribution in [3.8, 4) is 5.75 Å². The van der Waals surface area contributed by atoms with Crippen molar-refractivity contribution in [3.05, 3.63) is 47.5 Å². The van der Waals surface area contributed by atoms with Gasteiger partial charge in [-0.1, -0.05) is 12.1 Å². The maximum absolute atomic E-state index is 5.33. The van der Waals surface area contributed by atoms with E-state index in [1.807, 2.05) is 19.2 Å². The first kappa shape index (κ1) is 17.0. The quantitative estimate of drug-likeness (QED) is 0.885. The summed E-state index contributed by atoms with van der Waals surface area (Å²) < 4.78 is 7.48. The number of benzene rings is 1. The highest BCUT2D eigenvalue weighted by atomic mass is 16.5. The number of likely N-dealkylation sites (tertiary alicyclic amines) is 1. The predicted octanol–water partition coefficient (Wildman–Crippen LogP) is 2.49. The molecule has 0 bridgehead atoms. The molecule has 1 unspecified atom stereocenters. The van der Waals surface area contributed by atoms with Crippen LogP contribution in [-0.2, 0) is 20.1 Å². The van der Waals surface area contributed by atoms with E-state index >= 15 is 0 Å². The number of nitrogens with one attached hydrogen (secondary N) is 1. The number of aromatic nitrogens is 2. The van der Waals surface area contributed by atoms with Gasteiger partial charge in [-0.25, -0.2) is 4.98 Å². The van der Waals surface area contributed by atoms with E-state index in [1.165, 1.54) is 30.6 Å². The molecule has 24 heavy (non-hydrogen) atoms. The molecule has 5 nitrogen and oxygen atoms in total. The van der Waals surface area contributed by atoms with Crippen LogP contribution in [0.3, 0.4) is 0 Å². The van der Waals surface area contributed by atoms with Crippen LogP contribution < -0.4 is 10.1 Å². The molecule has 1 aromatic heterocycles. The fraction of sp³-hybridized carbons (Fsp3) is 0.526. The fourth-order valence-corrected chi connectivity index (χ4v) is 3.36. The van der Waals surface area contributed by atoms with Crippen LogP contribution in [0.1, 0.15) is 29.9 Å². The van der Waals surface area contributed by atoms with Crippen LogP contribution >= 0.6 is 0 Å². The van der Waals surface area contributed by atoms with Crippen LogP contribution in [0.2, 0.25) is 0 Å². The fourth-order valence-electron chi connectivity index (χ4n) is 3.36. The highest BCUT2D eigenvalue weighted by molar-refractivity contribution is 5.28. The molecule has 1 fully saturated rings. The highest BCUT2D eigenvalue weighted by Crippen LogP contribution is 2.18. The zero-order chi connectivity index (χ0) is 16.9. The summed E-state index contributed by atoms with van der Waals surface area (Å²) in [6.07, 6.45) is 4.46. The molecule has 5 heteroatoms. The number of ether oxygens (including phenoxy) is 1. The van der Waals surface area contributed by atoms with Gasteiger partial charge in [0.05, 0.1) is 12.8 Å². The van der Waals surface area contributed by atoms with E-state index in [4.69, 9.17) is 4.74 Å². The summed E-state index contributed by atoms with van der Waals surface area (Å²) >= 11 is 0. The molecule has 1 aromatic carbocycles. The minimum absolute atomic E-state index is 0.541. The van der Waals surface area contributed by atoms with Crippen LogP contribution in [0.5, 0.6) is 5.75 Å². The molecule has 0 spiro atoms. The average Bonchev–Trinajstić information content (AvgIpc) is 2.92. The first-order chi connectivity index (χ1) is 11.7. The summed E-state index contributed by atoms with van der Waals surface area (Å²) in [5.74, 6) is 2.00. The van der Waals surface area contributed by atoms with E-state index < -0.39 is 0 Å². The van der Waals surface area contributed by atoms with Crippen LogP contribution in [-0.4, -0.2) is 40.7 Å². The molecule has 1 atom stereocenters. The number of rotatable bonds is 6. The predicted molar refractivity (Wildman–Crippen MR) is 96.1 cm³/mol. The monoisotopic (exact) mass is 328 g/mol. The molecule has 1 aliphatic heterocycles. The Balaban J connectivity index is 1.53. The molecule has 2 heterocycles. The summed E-state index contributed by atoms with van der Waals surface area (Å²) in [5.41, 5.74) is 2.56. The Kier molecular flexibility index (Phi) is 5.53. The number of piperidine rings is 1. The van der Waals surface area contributed by atoms with Crippen LogP contribution in [0.15, 0.2) is 30.5 Å². The zero-order valence-electron chi connectivity index (χ0n) is 15.0. The minimum atomic E-state index is 0.541. The maximum atomic E-state index is 5.33. The van der Waals surface area contributed by atoms with Gasteiger partial charge in [-0.3, -0.25) is 4.90 Å². The van der Waals surface area contributed by atoms with E-state index in [-0.39, 0.29) is 0 Å². The second-order valence-corrected chi connectivity index (χ2v) is 6.66. The Bertz CT molecular complexity index is 667. The number of nitrogens with zero attached hydrogens (tertiary/aromatic N) is 3. The molecule has 0 saturated carbocycles. The van der Waals surface area contributed by atoms with Gasteiger partial charge < -0.3 is 14.6 Å². The van der Waals surface area contributed by atoms with E-state index in [0.29, 0.717) is 6.04 Å². The average molecular weight is 328 g/mol. The first-order valence-corrected chi connectivity index (χ1v) is 8.71. The summed E-state index contributed by atoms with van der Waals surface area (Å²) in [6.45, 7) is 6.17. The largest absolute Gasteiger partial charge is 0.497 e. The highest BCUT2D eigenvalue weighted by Gasteiger charge is 2.20. The summed E-state index contributed by atoms with van der Waals surface area (Å²) in [6, 6.07) is 8.92. The molecule has 1 aliphatic rings. The second-order valence-electron chi connectivity index (χ2n) is 6.66. The molecule has 0 aliphatic carbocycles. The lowest BCUT2D eigenvalue weighted by molar-refractivity contribution is 0.182. The third kappa shape index (κ3) is 4.16. The Morgan fingerprint density at radius 1 is 1.38 bits per heavy atom. The number of hydrogen-bond acceptors (Lipinski definition) is 4. The molecule has 1 saturated heterocycles. The summed E-state index contributed by atoms with van der Waals surface area (Å²) in [4.78, 5) is 6.90. The molecule has 3 rings (SSSR count). The lowest BCUT2D eigenvalue weighted by Gasteiger charge is -2.33. The van der Waals surface area contributed by atoms with E-state index in [9.17, 15) is 0 Å². The van der Waals surface area contributed by atoms with Crippen LogP contribution in [0, 0.1) is 6.92 Å². The van der Waals surface area contributed by atoms with Gasteiger partial charge in [0.15, 0.2) is 0 Å². The van der Waals surface area contributed by atoms with Gasteiger partial charge in [-0.15, -0.1) is 0 Å². The van der Waals surface area contributed by atoms with Crippen molar-refractivity contribution in [2.45, 2.75) is 38.9 Å². The van der Waals surface area contributed by atoms with Gasteiger partial charge in [-0.2, -0.15) is 0 Å². The van der Waals surface area contributed by atoms with Gasteiger partial charge in [-0.05, 0) is 44.0 Å². The molecule has 2 aromatic rings. The molecule has 0 amide bonds. The Hall–Kier alpha value is -1.85. The lowest BCUT2D eigenvalue weighted by Crippen LogP contribution is -2.45. The van der Waals surface area contributed by atoms with Gasteiger partial charge in [0.25, 0.3) is 0 Å². The molecule has 0 radical (unpaired) electrons. The maximum Gasteiger partial charge on any atom is 0.119 e. The van der Waals surface area contributed by atoms with Crippen molar-refractivity contribution in [2.24, 2.45) is 7.05 Å². The van der Waals surface area contributed by atoms with Gasteiger partial charge in [0.1, 0.15) is 11.6 Å². The normalized spacial score (nSPS) is 18.7. The summed E-state index contributed by atoms with van der Waals surface area (Å²) in [5, 5.41) is 3.70. The lowest BCUT2D eigenvalue weighted by atomic mass is 10.0. The second kappa shape index (κ2) is 7.81. The third-order valence-corrected chi connectivity index (χ3v) is 4.93. The van der Waals surface area contributed by atoms with Gasteiger partial charge in [0, 0.05) is 38.9 Å². The van der Waals surface area contributed by atoms with Gasteiger partial charge >= 0.3 is 0 Å². The topological polar surface area (TPSA) is 42.3 Å². The van der Waals surface area contributed by atoms with E-state index in [2.05, 4.69) is 45.0 Å². The van der Waals surface area contributed by atoms with Crippen molar-refractivity contribution in [1.82, 2.24) is 19.8 Å². The van der Waals surface area contributed by atoms with E-state index in [0.717, 1.165) is 31.2 Å². The third-order valence-electron chi connectivity index (χ3n) is 4.93. The van der Waals surface area contributed by atoms with Crippen LogP contribution in [0.25, 0.3) is 0 Å². The smallest absolute Gasteiger partial charge is 0.119 e. The molecular formula is C19H28N4O.